The van der Waals surface area contributed by atoms with Crippen LogP contribution in [0.5, 0.6) is 0 Å². The highest BCUT2D eigenvalue weighted by Gasteiger charge is 2.40. The van der Waals surface area contributed by atoms with E-state index in [0.29, 0.717) is 5.41 Å². The van der Waals surface area contributed by atoms with Crippen molar-refractivity contribution in [3.8, 4) is 0 Å². The molecule has 0 amide bonds. The van der Waals surface area contributed by atoms with Gasteiger partial charge in [-0.15, -0.1) is 0 Å². The smallest absolute Gasteiger partial charge is 0.193 e. The van der Waals surface area contributed by atoms with Gasteiger partial charge in [0.25, 0.3) is 0 Å². The van der Waals surface area contributed by atoms with Gasteiger partial charge in [0.05, 0.1) is 12.7 Å². The average molecular weight is 305 g/mol. The van der Waals surface area contributed by atoms with E-state index in [1.165, 1.54) is 24.8 Å². The zero-order chi connectivity index (χ0) is 15.4. The first-order chi connectivity index (χ1) is 10.7. The standard InChI is InChI=1S/C16H27N5O/c1-14-11-19-21(12-14)8-6-18-15(17-2)20-7-3-16(13-20)4-9-22-10-5-16/h11-12H,3-10,13H2,1-2H3,(H,17,18). The topological polar surface area (TPSA) is 54.7 Å². The van der Waals surface area contributed by atoms with Gasteiger partial charge in [-0.2, -0.15) is 5.10 Å². The first-order valence-corrected chi connectivity index (χ1v) is 8.23. The predicted molar refractivity (Wildman–Crippen MR) is 87.0 cm³/mol. The van der Waals surface area contributed by atoms with Crippen molar-refractivity contribution in [1.29, 1.82) is 0 Å². The number of aromatic nitrogens is 2. The second-order valence-corrected chi connectivity index (χ2v) is 6.54. The lowest BCUT2D eigenvalue weighted by molar-refractivity contribution is 0.0218. The van der Waals surface area contributed by atoms with Gasteiger partial charge >= 0.3 is 0 Å². The molecule has 2 fully saturated rings. The summed E-state index contributed by atoms with van der Waals surface area (Å²) in [5, 5.41) is 7.79. The molecule has 2 aliphatic heterocycles. The molecule has 122 valence electrons. The van der Waals surface area contributed by atoms with Crippen LogP contribution in [0.3, 0.4) is 0 Å². The van der Waals surface area contributed by atoms with Crippen LogP contribution in [0.15, 0.2) is 17.4 Å². The molecule has 2 aliphatic rings. The molecule has 2 saturated heterocycles. The summed E-state index contributed by atoms with van der Waals surface area (Å²) in [7, 11) is 1.87. The maximum Gasteiger partial charge on any atom is 0.193 e. The number of aryl methyl sites for hydroxylation is 1. The highest BCUT2D eigenvalue weighted by molar-refractivity contribution is 5.80. The lowest BCUT2D eigenvalue weighted by atomic mass is 9.80. The summed E-state index contributed by atoms with van der Waals surface area (Å²) in [4.78, 5) is 6.86. The second kappa shape index (κ2) is 6.69. The monoisotopic (exact) mass is 305 g/mol. The number of ether oxygens (including phenoxy) is 1. The van der Waals surface area contributed by atoms with E-state index < -0.39 is 0 Å². The molecule has 0 radical (unpaired) electrons. The molecule has 3 rings (SSSR count). The van der Waals surface area contributed by atoms with E-state index in [1.54, 1.807) is 0 Å². The summed E-state index contributed by atoms with van der Waals surface area (Å²) in [5.41, 5.74) is 1.65. The third kappa shape index (κ3) is 3.43. The van der Waals surface area contributed by atoms with E-state index in [2.05, 4.69) is 33.4 Å². The summed E-state index contributed by atoms with van der Waals surface area (Å²) >= 11 is 0. The summed E-state index contributed by atoms with van der Waals surface area (Å²) in [6.07, 6.45) is 7.59. The van der Waals surface area contributed by atoms with Gasteiger partial charge in [0, 0.05) is 46.1 Å². The number of nitrogens with zero attached hydrogens (tertiary/aromatic N) is 4. The molecule has 1 aromatic heterocycles. The van der Waals surface area contributed by atoms with Crippen molar-refractivity contribution in [3.63, 3.8) is 0 Å². The molecule has 0 atom stereocenters. The number of nitrogens with one attached hydrogen (secondary N) is 1. The van der Waals surface area contributed by atoms with E-state index >= 15 is 0 Å². The van der Waals surface area contributed by atoms with Crippen LogP contribution in [0.1, 0.15) is 24.8 Å². The molecule has 1 N–H and O–H groups in total. The third-order valence-electron chi connectivity index (χ3n) is 4.89. The molecule has 0 aromatic carbocycles. The van der Waals surface area contributed by atoms with E-state index in [1.807, 2.05) is 17.9 Å². The van der Waals surface area contributed by atoms with Crippen molar-refractivity contribution in [2.75, 3.05) is 39.9 Å². The molecule has 0 aliphatic carbocycles. The zero-order valence-electron chi connectivity index (χ0n) is 13.7. The lowest BCUT2D eigenvalue weighted by Crippen LogP contribution is -2.43. The van der Waals surface area contributed by atoms with Crippen LogP contribution in [0.4, 0.5) is 0 Å². The Morgan fingerprint density at radius 2 is 2.23 bits per heavy atom. The van der Waals surface area contributed by atoms with Crippen LogP contribution in [0.25, 0.3) is 0 Å². The summed E-state index contributed by atoms with van der Waals surface area (Å²) in [6.45, 7) is 7.81. The molecule has 0 saturated carbocycles. The van der Waals surface area contributed by atoms with Gasteiger partial charge in [0.2, 0.25) is 0 Å². The largest absolute Gasteiger partial charge is 0.381 e. The molecule has 6 nitrogen and oxygen atoms in total. The first-order valence-electron chi connectivity index (χ1n) is 8.23. The molecule has 0 unspecified atom stereocenters. The molecule has 1 aromatic rings. The molecule has 22 heavy (non-hydrogen) atoms. The zero-order valence-corrected chi connectivity index (χ0v) is 13.7. The average Bonchev–Trinajstić information content (AvgIpc) is 3.12. The number of hydrogen-bond donors (Lipinski definition) is 1. The lowest BCUT2D eigenvalue weighted by Gasteiger charge is -2.33. The fraction of sp³-hybridized carbons (Fsp3) is 0.750. The number of likely N-dealkylation sites (tertiary alicyclic amines) is 1. The molecule has 1 spiro atoms. The Kier molecular flexibility index (Phi) is 4.66. The summed E-state index contributed by atoms with van der Waals surface area (Å²) < 4.78 is 7.49. The third-order valence-corrected chi connectivity index (χ3v) is 4.89. The van der Waals surface area contributed by atoms with Crippen molar-refractivity contribution < 1.29 is 4.74 Å². The first kappa shape index (κ1) is 15.3. The Morgan fingerprint density at radius 3 is 2.91 bits per heavy atom. The minimum Gasteiger partial charge on any atom is -0.381 e. The Hall–Kier alpha value is -1.56. The Bertz CT molecular complexity index is 518. The van der Waals surface area contributed by atoms with Crippen LogP contribution < -0.4 is 5.32 Å². The predicted octanol–water partition coefficient (Wildman–Crippen LogP) is 1.27. The van der Waals surface area contributed by atoms with Crippen LogP contribution in [-0.4, -0.2) is 60.5 Å². The van der Waals surface area contributed by atoms with Crippen LogP contribution >= 0.6 is 0 Å². The normalized spacial score (nSPS) is 21.5. The highest BCUT2D eigenvalue weighted by atomic mass is 16.5. The van der Waals surface area contributed by atoms with Gasteiger partial charge < -0.3 is 15.0 Å². The minimum atomic E-state index is 0.453. The Labute approximate surface area is 132 Å². The van der Waals surface area contributed by atoms with E-state index in [9.17, 15) is 0 Å². The SMILES string of the molecule is CN=C(NCCn1cc(C)cn1)N1CCC2(CCOCC2)C1. The molecule has 6 heteroatoms. The summed E-state index contributed by atoms with van der Waals surface area (Å²) in [6, 6.07) is 0. The highest BCUT2D eigenvalue weighted by Crippen LogP contribution is 2.39. The van der Waals surface area contributed by atoms with Crippen molar-refractivity contribution in [1.82, 2.24) is 20.0 Å². The Morgan fingerprint density at radius 1 is 1.41 bits per heavy atom. The molecule has 0 bridgehead atoms. The van der Waals surface area contributed by atoms with Crippen molar-refractivity contribution in [2.45, 2.75) is 32.7 Å². The van der Waals surface area contributed by atoms with Crippen LogP contribution in [0, 0.1) is 12.3 Å². The fourth-order valence-corrected chi connectivity index (χ4v) is 3.53. The number of hydrogen-bond acceptors (Lipinski definition) is 3. The number of rotatable bonds is 3. The maximum atomic E-state index is 5.52. The summed E-state index contributed by atoms with van der Waals surface area (Å²) in [5.74, 6) is 1.02. The quantitative estimate of drug-likeness (QED) is 0.675. The second-order valence-electron chi connectivity index (χ2n) is 6.54. The van der Waals surface area contributed by atoms with E-state index in [4.69, 9.17) is 4.74 Å². The van der Waals surface area contributed by atoms with Crippen LogP contribution in [0.2, 0.25) is 0 Å². The maximum absolute atomic E-state index is 5.52. The van der Waals surface area contributed by atoms with E-state index in [0.717, 1.165) is 45.4 Å². The van der Waals surface area contributed by atoms with Gasteiger partial charge in [-0.25, -0.2) is 0 Å². The fourth-order valence-electron chi connectivity index (χ4n) is 3.53. The van der Waals surface area contributed by atoms with Crippen molar-refractivity contribution in [2.24, 2.45) is 10.4 Å². The minimum absolute atomic E-state index is 0.453. The molecular formula is C16H27N5O. The number of guanidine groups is 1. The van der Waals surface area contributed by atoms with Gasteiger partial charge in [0.15, 0.2) is 5.96 Å². The Balaban J connectivity index is 1.49. The van der Waals surface area contributed by atoms with Crippen molar-refractivity contribution >= 4 is 5.96 Å². The van der Waals surface area contributed by atoms with Gasteiger partial charge in [-0.1, -0.05) is 0 Å². The number of aliphatic imine (C=N–C) groups is 1. The molecule has 3 heterocycles. The van der Waals surface area contributed by atoms with Crippen molar-refractivity contribution in [3.05, 3.63) is 18.0 Å². The van der Waals surface area contributed by atoms with Gasteiger partial charge in [-0.05, 0) is 37.2 Å². The van der Waals surface area contributed by atoms with Crippen LogP contribution in [-0.2, 0) is 11.3 Å². The van der Waals surface area contributed by atoms with E-state index in [-0.39, 0.29) is 0 Å². The molecular weight excluding hydrogens is 278 g/mol. The van der Waals surface area contributed by atoms with Gasteiger partial charge in [-0.3, -0.25) is 9.67 Å². The van der Waals surface area contributed by atoms with Gasteiger partial charge in [0.1, 0.15) is 0 Å².